The second-order valence-corrected chi connectivity index (χ2v) is 7.89. The van der Waals surface area contributed by atoms with E-state index in [1.165, 1.54) is 11.9 Å². The zero-order chi connectivity index (χ0) is 21.6. The molecule has 1 aliphatic heterocycles. The van der Waals surface area contributed by atoms with E-state index in [4.69, 9.17) is 16.3 Å². The van der Waals surface area contributed by atoms with Gasteiger partial charge < -0.3 is 10.1 Å². The number of aromatic nitrogens is 3. The number of benzene rings is 2. The highest BCUT2D eigenvalue weighted by atomic mass is 35.5. The van der Waals surface area contributed by atoms with Crippen molar-refractivity contribution in [3.8, 4) is 11.4 Å². The number of rotatable bonds is 7. The van der Waals surface area contributed by atoms with Gasteiger partial charge in [-0.05, 0) is 35.9 Å². The molecule has 0 saturated carbocycles. The van der Waals surface area contributed by atoms with Gasteiger partial charge in [-0.3, -0.25) is 14.6 Å². The maximum absolute atomic E-state index is 12.7. The summed E-state index contributed by atoms with van der Waals surface area (Å²) in [6.07, 6.45) is 3.03. The van der Waals surface area contributed by atoms with Gasteiger partial charge in [-0.1, -0.05) is 23.7 Å². The molecule has 1 N–H and O–H groups in total. The normalized spacial score (nSPS) is 15.0. The number of ether oxygens (including phenoxy) is 1. The summed E-state index contributed by atoms with van der Waals surface area (Å²) in [5, 5.41) is 7.66. The molecule has 1 aromatic heterocycles. The minimum atomic E-state index is -0.0766. The molecule has 2 heterocycles. The fourth-order valence-electron chi connectivity index (χ4n) is 3.63. The fourth-order valence-corrected chi connectivity index (χ4v) is 3.80. The van der Waals surface area contributed by atoms with Crippen LogP contribution in [-0.4, -0.2) is 70.3 Å². The molecule has 31 heavy (non-hydrogen) atoms. The third-order valence-electron chi connectivity index (χ3n) is 5.30. The maximum Gasteiger partial charge on any atom is 0.238 e. The molecule has 0 bridgehead atoms. The Morgan fingerprint density at radius 1 is 1.10 bits per heavy atom. The number of piperazine rings is 1. The molecule has 9 heteroatoms. The third-order valence-corrected chi connectivity index (χ3v) is 5.53. The average Bonchev–Trinajstić information content (AvgIpc) is 3.30. The summed E-state index contributed by atoms with van der Waals surface area (Å²) < 4.78 is 6.82. The molecular weight excluding hydrogens is 416 g/mol. The van der Waals surface area contributed by atoms with E-state index in [-0.39, 0.29) is 5.91 Å². The molecule has 0 atom stereocenters. The molecule has 0 unspecified atom stereocenters. The summed E-state index contributed by atoms with van der Waals surface area (Å²) in [7, 11) is 1.67. The average molecular weight is 441 g/mol. The Morgan fingerprint density at radius 2 is 1.84 bits per heavy atom. The van der Waals surface area contributed by atoms with Crippen molar-refractivity contribution in [2.75, 3.05) is 45.2 Å². The SMILES string of the molecule is COc1ccc(CN2CCN(CC(=O)Nc3cc(Cl)ccc3-n3cncn3)CC2)cc1. The largest absolute Gasteiger partial charge is 0.497 e. The van der Waals surface area contributed by atoms with Gasteiger partial charge in [0.05, 0.1) is 25.0 Å². The second-order valence-electron chi connectivity index (χ2n) is 7.45. The number of hydrogen-bond acceptors (Lipinski definition) is 6. The van der Waals surface area contributed by atoms with Crippen LogP contribution in [0.1, 0.15) is 5.56 Å². The van der Waals surface area contributed by atoms with Crippen LogP contribution in [0.25, 0.3) is 5.69 Å². The molecule has 162 valence electrons. The number of amides is 1. The number of carbonyl (C=O) groups is 1. The smallest absolute Gasteiger partial charge is 0.238 e. The number of methoxy groups -OCH3 is 1. The van der Waals surface area contributed by atoms with E-state index in [1.807, 2.05) is 18.2 Å². The highest BCUT2D eigenvalue weighted by molar-refractivity contribution is 6.31. The first-order chi connectivity index (χ1) is 15.1. The maximum atomic E-state index is 12.7. The Labute approximate surface area is 186 Å². The zero-order valence-electron chi connectivity index (χ0n) is 17.4. The number of carbonyl (C=O) groups excluding carboxylic acids is 1. The van der Waals surface area contributed by atoms with Gasteiger partial charge in [0.2, 0.25) is 5.91 Å². The topological polar surface area (TPSA) is 75.5 Å². The number of hydrogen-bond donors (Lipinski definition) is 1. The van der Waals surface area contributed by atoms with Crippen molar-refractivity contribution >= 4 is 23.2 Å². The van der Waals surface area contributed by atoms with E-state index < -0.39 is 0 Å². The van der Waals surface area contributed by atoms with E-state index in [0.29, 0.717) is 17.3 Å². The molecule has 0 aliphatic carbocycles. The molecular formula is C22H25ClN6O2. The lowest BCUT2D eigenvalue weighted by Gasteiger charge is -2.34. The van der Waals surface area contributed by atoms with Gasteiger partial charge in [0.1, 0.15) is 18.4 Å². The van der Waals surface area contributed by atoms with E-state index >= 15 is 0 Å². The van der Waals surface area contributed by atoms with Gasteiger partial charge in [0.15, 0.2) is 0 Å². The lowest BCUT2D eigenvalue weighted by molar-refractivity contribution is -0.117. The highest BCUT2D eigenvalue weighted by Gasteiger charge is 2.20. The predicted molar refractivity (Wildman–Crippen MR) is 120 cm³/mol. The van der Waals surface area contributed by atoms with Crippen molar-refractivity contribution in [1.82, 2.24) is 24.6 Å². The van der Waals surface area contributed by atoms with Crippen molar-refractivity contribution in [2.24, 2.45) is 0 Å². The van der Waals surface area contributed by atoms with Crippen molar-refractivity contribution in [3.63, 3.8) is 0 Å². The molecule has 2 aromatic carbocycles. The first kappa shape index (κ1) is 21.3. The van der Waals surface area contributed by atoms with E-state index in [9.17, 15) is 4.79 Å². The van der Waals surface area contributed by atoms with Crippen molar-refractivity contribution in [2.45, 2.75) is 6.54 Å². The number of halogens is 1. The van der Waals surface area contributed by atoms with Gasteiger partial charge in [0, 0.05) is 37.7 Å². The summed E-state index contributed by atoms with van der Waals surface area (Å²) >= 11 is 6.13. The molecule has 4 rings (SSSR count). The van der Waals surface area contributed by atoms with Gasteiger partial charge >= 0.3 is 0 Å². The van der Waals surface area contributed by atoms with Crippen LogP contribution in [0.4, 0.5) is 5.69 Å². The molecule has 0 radical (unpaired) electrons. The lowest BCUT2D eigenvalue weighted by atomic mass is 10.2. The van der Waals surface area contributed by atoms with Gasteiger partial charge in [-0.2, -0.15) is 5.10 Å². The van der Waals surface area contributed by atoms with Crippen molar-refractivity contribution in [1.29, 1.82) is 0 Å². The molecule has 3 aromatic rings. The molecule has 0 spiro atoms. The van der Waals surface area contributed by atoms with E-state index in [1.54, 1.807) is 30.3 Å². The van der Waals surface area contributed by atoms with Gasteiger partial charge in [0.25, 0.3) is 0 Å². The summed E-state index contributed by atoms with van der Waals surface area (Å²) in [5.74, 6) is 0.790. The number of nitrogens with zero attached hydrogens (tertiary/aromatic N) is 5. The first-order valence-corrected chi connectivity index (χ1v) is 10.5. The molecule has 1 fully saturated rings. The van der Waals surface area contributed by atoms with E-state index in [2.05, 4.69) is 37.3 Å². The standard InChI is InChI=1S/C22H25ClN6O2/c1-31-19-5-2-17(3-6-19)13-27-8-10-28(11-9-27)14-22(30)26-20-12-18(23)4-7-21(20)29-16-24-15-25-29/h2-7,12,15-16H,8-11,13-14H2,1H3,(H,26,30). The fraction of sp³-hybridized carbons (Fsp3) is 0.318. The van der Waals surface area contributed by atoms with Crippen LogP contribution in [0.3, 0.4) is 0 Å². The third kappa shape index (κ3) is 5.61. The van der Waals surface area contributed by atoms with E-state index in [0.717, 1.165) is 44.2 Å². The Hall–Kier alpha value is -2.94. The summed E-state index contributed by atoms with van der Waals surface area (Å²) in [6.45, 7) is 4.75. The monoisotopic (exact) mass is 440 g/mol. The first-order valence-electron chi connectivity index (χ1n) is 10.1. The predicted octanol–water partition coefficient (Wildman–Crippen LogP) is 2.69. The molecule has 1 amide bonds. The molecule has 8 nitrogen and oxygen atoms in total. The Morgan fingerprint density at radius 3 is 2.52 bits per heavy atom. The van der Waals surface area contributed by atoms with Crippen LogP contribution in [0, 0.1) is 0 Å². The minimum Gasteiger partial charge on any atom is -0.497 e. The minimum absolute atomic E-state index is 0.0766. The van der Waals surface area contributed by atoms with Crippen LogP contribution >= 0.6 is 11.6 Å². The molecule has 1 saturated heterocycles. The summed E-state index contributed by atoms with van der Waals surface area (Å²) in [5.41, 5.74) is 2.59. The van der Waals surface area contributed by atoms with Crippen molar-refractivity contribution < 1.29 is 9.53 Å². The van der Waals surface area contributed by atoms with Crippen LogP contribution in [0.15, 0.2) is 55.1 Å². The molecule has 1 aliphatic rings. The van der Waals surface area contributed by atoms with Crippen LogP contribution in [0.2, 0.25) is 5.02 Å². The van der Waals surface area contributed by atoms with Gasteiger partial charge in [-0.25, -0.2) is 9.67 Å². The highest BCUT2D eigenvalue weighted by Crippen LogP contribution is 2.24. The zero-order valence-corrected chi connectivity index (χ0v) is 18.1. The summed E-state index contributed by atoms with van der Waals surface area (Å²) in [6, 6.07) is 13.5. The van der Waals surface area contributed by atoms with Gasteiger partial charge in [-0.15, -0.1) is 0 Å². The van der Waals surface area contributed by atoms with Crippen molar-refractivity contribution in [3.05, 3.63) is 65.7 Å². The Balaban J connectivity index is 1.29. The Bertz CT molecular complexity index is 1000. The second kappa shape index (κ2) is 9.91. The Kier molecular flexibility index (Phi) is 6.81. The quantitative estimate of drug-likeness (QED) is 0.608. The lowest BCUT2D eigenvalue weighted by Crippen LogP contribution is -2.48. The van der Waals surface area contributed by atoms with Crippen LogP contribution < -0.4 is 10.1 Å². The number of anilines is 1. The number of nitrogens with one attached hydrogen (secondary N) is 1. The van der Waals surface area contributed by atoms with Crippen LogP contribution in [0.5, 0.6) is 5.75 Å². The summed E-state index contributed by atoms with van der Waals surface area (Å²) in [4.78, 5) is 21.2. The van der Waals surface area contributed by atoms with Crippen LogP contribution in [-0.2, 0) is 11.3 Å².